The number of carbonyl (C=O) groups excluding carboxylic acids is 1. The van der Waals surface area contributed by atoms with Crippen molar-refractivity contribution in [2.75, 3.05) is 33.4 Å². The molecule has 1 saturated heterocycles. The molecule has 0 bridgehead atoms. The van der Waals surface area contributed by atoms with Gasteiger partial charge < -0.3 is 14.4 Å². The van der Waals surface area contributed by atoms with Crippen molar-refractivity contribution < 1.29 is 36.2 Å². The van der Waals surface area contributed by atoms with Crippen LogP contribution >= 0.6 is 0 Å². The van der Waals surface area contributed by atoms with E-state index in [9.17, 15) is 26.7 Å². The summed E-state index contributed by atoms with van der Waals surface area (Å²) < 4.78 is 78.3. The minimum absolute atomic E-state index is 0.0483. The fourth-order valence-electron chi connectivity index (χ4n) is 7.30. The molecule has 2 aliphatic carbocycles. The topological polar surface area (TPSA) is 54.9 Å². The van der Waals surface area contributed by atoms with Crippen molar-refractivity contribution in [3.8, 4) is 0 Å². The summed E-state index contributed by atoms with van der Waals surface area (Å²) in [5.41, 5.74) is -0.453. The second-order valence-corrected chi connectivity index (χ2v) is 10.9. The molecule has 37 heavy (non-hydrogen) atoms. The largest absolute Gasteiger partial charge is 0.417 e. The van der Waals surface area contributed by atoms with Crippen LogP contribution in [0.25, 0.3) is 0 Å². The second kappa shape index (κ2) is 10.4. The Bertz CT molecular complexity index is 993. The Morgan fingerprint density at radius 3 is 2.89 bits per heavy atom. The van der Waals surface area contributed by atoms with Crippen LogP contribution in [0.1, 0.15) is 55.3 Å². The van der Waals surface area contributed by atoms with Gasteiger partial charge in [0.2, 0.25) is 5.91 Å². The van der Waals surface area contributed by atoms with Gasteiger partial charge in [0.1, 0.15) is 0 Å². The quantitative estimate of drug-likeness (QED) is 0.513. The minimum atomic E-state index is -4.50. The van der Waals surface area contributed by atoms with Gasteiger partial charge in [-0.1, -0.05) is 6.42 Å². The summed E-state index contributed by atoms with van der Waals surface area (Å²) in [6.45, 7) is 0.940. The predicted molar refractivity (Wildman–Crippen MR) is 124 cm³/mol. The zero-order chi connectivity index (χ0) is 26.4. The maximum atomic E-state index is 14.1. The Morgan fingerprint density at radius 1 is 1.35 bits per heavy atom. The van der Waals surface area contributed by atoms with Crippen LogP contribution in [0.3, 0.4) is 0 Å². The van der Waals surface area contributed by atoms with Crippen molar-refractivity contribution >= 4 is 5.91 Å². The van der Waals surface area contributed by atoms with Gasteiger partial charge in [-0.3, -0.25) is 14.7 Å². The Labute approximate surface area is 213 Å². The summed E-state index contributed by atoms with van der Waals surface area (Å²) in [6, 6.07) is 0.709. The molecule has 2 aliphatic heterocycles. The van der Waals surface area contributed by atoms with Crippen molar-refractivity contribution in [1.29, 1.82) is 0 Å². The normalized spacial score (nSPS) is 32.2. The molecule has 3 fully saturated rings. The first-order valence-electron chi connectivity index (χ1n) is 13.1. The summed E-state index contributed by atoms with van der Waals surface area (Å²) in [5, 5.41) is 0. The number of methoxy groups -OCH3 is 1. The van der Waals surface area contributed by atoms with Gasteiger partial charge in [-0.05, 0) is 49.7 Å². The van der Waals surface area contributed by atoms with Crippen LogP contribution in [-0.2, 0) is 33.4 Å². The summed E-state index contributed by atoms with van der Waals surface area (Å²) in [5.74, 6) is 0.0277. The maximum Gasteiger partial charge on any atom is 0.417 e. The first-order valence-corrected chi connectivity index (χ1v) is 13.1. The van der Waals surface area contributed by atoms with Crippen LogP contribution in [0.2, 0.25) is 0 Å². The molecule has 1 aromatic heterocycles. The van der Waals surface area contributed by atoms with Gasteiger partial charge in [0.15, 0.2) is 0 Å². The van der Waals surface area contributed by atoms with Gasteiger partial charge in [-0.15, -0.1) is 0 Å². The van der Waals surface area contributed by atoms with Gasteiger partial charge in [-0.2, -0.15) is 13.2 Å². The van der Waals surface area contributed by atoms with Gasteiger partial charge in [0, 0.05) is 57.2 Å². The third kappa shape index (κ3) is 5.11. The van der Waals surface area contributed by atoms with E-state index in [2.05, 4.69) is 4.98 Å². The highest BCUT2D eigenvalue weighted by Crippen LogP contribution is 2.57. The van der Waals surface area contributed by atoms with E-state index in [4.69, 9.17) is 9.47 Å². The van der Waals surface area contributed by atoms with Crippen LogP contribution in [0, 0.1) is 11.3 Å². The zero-order valence-electron chi connectivity index (χ0n) is 21.0. The highest BCUT2D eigenvalue weighted by Gasteiger charge is 2.58. The fraction of sp³-hybridized carbons (Fsp3) is 0.769. The number of halogens is 5. The SMILES string of the molecule is COC1COCCC1N(CC(F)F)C1CC2CCCC2(C(=O)N2CCc3ncc(C(F)(F)F)cc3C2)C1. The average molecular weight is 532 g/mol. The monoisotopic (exact) mass is 531 g/mol. The van der Waals surface area contributed by atoms with Crippen molar-refractivity contribution in [1.82, 2.24) is 14.8 Å². The Hall–Kier alpha value is -1.85. The third-order valence-electron chi connectivity index (χ3n) is 9.01. The molecule has 0 aromatic carbocycles. The molecule has 5 atom stereocenters. The molecular formula is C26H34F5N3O3. The number of pyridine rings is 1. The summed E-state index contributed by atoms with van der Waals surface area (Å²) >= 11 is 0. The molecule has 2 saturated carbocycles. The van der Waals surface area contributed by atoms with E-state index in [1.54, 1.807) is 12.0 Å². The molecule has 4 aliphatic rings. The van der Waals surface area contributed by atoms with E-state index in [1.807, 2.05) is 4.90 Å². The molecule has 3 heterocycles. The Kier molecular flexibility index (Phi) is 7.50. The summed E-state index contributed by atoms with van der Waals surface area (Å²) in [7, 11) is 1.56. The predicted octanol–water partition coefficient (Wildman–Crippen LogP) is 4.31. The summed E-state index contributed by atoms with van der Waals surface area (Å²) in [6.07, 6.45) is -1.90. The van der Waals surface area contributed by atoms with E-state index in [1.165, 1.54) is 0 Å². The molecule has 5 rings (SSSR count). The average Bonchev–Trinajstić information content (AvgIpc) is 3.44. The highest BCUT2D eigenvalue weighted by molar-refractivity contribution is 5.84. The van der Waals surface area contributed by atoms with E-state index in [0.717, 1.165) is 25.1 Å². The molecule has 0 N–H and O–H groups in total. The third-order valence-corrected chi connectivity index (χ3v) is 9.01. The number of ether oxygens (including phenoxy) is 2. The maximum absolute atomic E-state index is 14.1. The van der Waals surface area contributed by atoms with Crippen LogP contribution < -0.4 is 0 Å². The van der Waals surface area contributed by atoms with Crippen molar-refractivity contribution in [3.05, 3.63) is 29.1 Å². The van der Waals surface area contributed by atoms with E-state index < -0.39 is 23.6 Å². The first-order chi connectivity index (χ1) is 17.6. The molecule has 0 radical (unpaired) electrons. The molecular weight excluding hydrogens is 497 g/mol. The number of alkyl halides is 5. The number of rotatable bonds is 6. The Morgan fingerprint density at radius 2 is 2.16 bits per heavy atom. The molecule has 5 unspecified atom stereocenters. The van der Waals surface area contributed by atoms with Gasteiger partial charge in [0.25, 0.3) is 6.43 Å². The van der Waals surface area contributed by atoms with E-state index >= 15 is 0 Å². The number of fused-ring (bicyclic) bond motifs is 2. The van der Waals surface area contributed by atoms with Crippen molar-refractivity contribution in [2.24, 2.45) is 11.3 Å². The Balaban J connectivity index is 1.37. The lowest BCUT2D eigenvalue weighted by molar-refractivity contribution is -0.145. The van der Waals surface area contributed by atoms with E-state index in [-0.39, 0.29) is 43.1 Å². The smallest absolute Gasteiger partial charge is 0.379 e. The lowest BCUT2D eigenvalue weighted by Gasteiger charge is -2.43. The zero-order valence-corrected chi connectivity index (χ0v) is 21.0. The molecule has 206 valence electrons. The van der Waals surface area contributed by atoms with Crippen LogP contribution in [0.4, 0.5) is 22.0 Å². The number of carbonyl (C=O) groups is 1. The second-order valence-electron chi connectivity index (χ2n) is 10.9. The first kappa shape index (κ1) is 26.7. The highest BCUT2D eigenvalue weighted by atomic mass is 19.4. The van der Waals surface area contributed by atoms with Crippen LogP contribution in [0.15, 0.2) is 12.3 Å². The van der Waals surface area contributed by atoms with Gasteiger partial charge in [0.05, 0.1) is 30.2 Å². The number of aromatic nitrogens is 1. The van der Waals surface area contributed by atoms with Crippen LogP contribution in [-0.4, -0.2) is 78.7 Å². The number of hydrogen-bond donors (Lipinski definition) is 0. The van der Waals surface area contributed by atoms with Crippen molar-refractivity contribution in [3.63, 3.8) is 0 Å². The molecule has 6 nitrogen and oxygen atoms in total. The minimum Gasteiger partial charge on any atom is -0.379 e. The number of amides is 1. The molecule has 0 spiro atoms. The van der Waals surface area contributed by atoms with Gasteiger partial charge in [-0.25, -0.2) is 8.78 Å². The standard InChI is InChI=1S/C26H34F5N3O3/c1-36-22-15-37-8-5-21(22)34(14-23(27)28)19-10-17-3-2-6-25(17,11-19)24(35)33-7-4-20-16(13-33)9-18(12-32-20)26(29,30)31/h9,12,17,19,21-23H,2-8,10-11,13-15H2,1H3. The molecule has 1 aromatic rings. The summed E-state index contributed by atoms with van der Waals surface area (Å²) in [4.78, 5) is 21.6. The lowest BCUT2D eigenvalue weighted by atomic mass is 9.78. The molecule has 11 heteroatoms. The number of nitrogens with zero attached hydrogens (tertiary/aromatic N) is 3. The van der Waals surface area contributed by atoms with E-state index in [0.29, 0.717) is 63.1 Å². The number of hydrogen-bond acceptors (Lipinski definition) is 5. The van der Waals surface area contributed by atoms with Gasteiger partial charge >= 0.3 is 6.18 Å². The van der Waals surface area contributed by atoms with Crippen molar-refractivity contribution in [2.45, 2.75) is 82.3 Å². The van der Waals surface area contributed by atoms with Crippen LogP contribution in [0.5, 0.6) is 0 Å². The lowest BCUT2D eigenvalue weighted by Crippen LogP contribution is -2.55. The molecule has 1 amide bonds. The fourth-order valence-corrected chi connectivity index (χ4v) is 7.30.